The van der Waals surface area contributed by atoms with Gasteiger partial charge in [0.2, 0.25) is 0 Å². The van der Waals surface area contributed by atoms with E-state index in [1.165, 1.54) is 40.6 Å². The zero-order valence-electron chi connectivity index (χ0n) is 16.4. The fourth-order valence-electron chi connectivity index (χ4n) is 4.83. The van der Waals surface area contributed by atoms with Crippen LogP contribution in [-0.4, -0.2) is 28.2 Å². The van der Waals surface area contributed by atoms with Gasteiger partial charge in [-0.05, 0) is 80.4 Å². The Bertz CT molecular complexity index is 1050. The summed E-state index contributed by atoms with van der Waals surface area (Å²) in [6, 6.07) is 15.2. The van der Waals surface area contributed by atoms with E-state index in [-0.39, 0.29) is 0 Å². The summed E-state index contributed by atoms with van der Waals surface area (Å²) < 4.78 is 7.79. The van der Waals surface area contributed by atoms with Gasteiger partial charge in [-0.25, -0.2) is 0 Å². The van der Waals surface area contributed by atoms with Crippen molar-refractivity contribution in [2.75, 3.05) is 19.0 Å². The van der Waals surface area contributed by atoms with Gasteiger partial charge < -0.3 is 19.5 Å². The Kier molecular flexibility index (Phi) is 4.27. The first kappa shape index (κ1) is 17.6. The molecule has 2 heterocycles. The molecule has 0 amide bonds. The molecule has 2 aromatic carbocycles. The molecule has 1 aromatic heterocycles. The Hall–Kier alpha value is -2.53. The maximum Gasteiger partial charge on any atom is 0.174 e. The summed E-state index contributed by atoms with van der Waals surface area (Å²) in [5, 5.41) is 5.69. The van der Waals surface area contributed by atoms with Crippen molar-refractivity contribution in [1.82, 2.24) is 9.47 Å². The number of hydrogen-bond donors (Lipinski definition) is 1. The predicted molar refractivity (Wildman–Crippen MR) is 118 cm³/mol. The predicted octanol–water partition coefficient (Wildman–Crippen LogP) is 5.05. The minimum absolute atomic E-state index is 0.364. The van der Waals surface area contributed by atoms with E-state index >= 15 is 0 Å². The number of nitrogens with zero attached hydrogens (tertiary/aromatic N) is 2. The minimum Gasteiger partial charge on any atom is -0.497 e. The number of aryl methyl sites for hydroxylation is 2. The third-order valence-corrected chi connectivity index (χ3v) is 6.47. The zero-order chi connectivity index (χ0) is 19.3. The van der Waals surface area contributed by atoms with Crippen LogP contribution in [0.3, 0.4) is 0 Å². The Morgan fingerprint density at radius 3 is 2.75 bits per heavy atom. The molecular weight excluding hydrogens is 366 g/mol. The molecule has 0 fully saturated rings. The van der Waals surface area contributed by atoms with Gasteiger partial charge in [0.15, 0.2) is 5.11 Å². The molecule has 2 aliphatic rings. The maximum atomic E-state index is 5.83. The molecule has 0 bridgehead atoms. The lowest BCUT2D eigenvalue weighted by molar-refractivity contribution is 0.235. The highest BCUT2D eigenvalue weighted by Gasteiger charge is 2.35. The molecular formula is C23H25N3OS. The van der Waals surface area contributed by atoms with Gasteiger partial charge in [-0.2, -0.15) is 0 Å². The van der Waals surface area contributed by atoms with Gasteiger partial charge in [-0.3, -0.25) is 0 Å². The molecule has 1 aliphatic carbocycles. The van der Waals surface area contributed by atoms with Crippen LogP contribution in [-0.2, 0) is 13.0 Å². The summed E-state index contributed by atoms with van der Waals surface area (Å²) in [7, 11) is 1.68. The fraction of sp³-hybridized carbons (Fsp3) is 0.348. The molecule has 1 atom stereocenters. The summed E-state index contributed by atoms with van der Waals surface area (Å²) in [6.45, 7) is 4.11. The van der Waals surface area contributed by atoms with Crippen molar-refractivity contribution in [2.45, 2.75) is 38.8 Å². The number of anilines is 1. The van der Waals surface area contributed by atoms with Crippen molar-refractivity contribution in [3.05, 3.63) is 59.3 Å². The topological polar surface area (TPSA) is 29.4 Å². The van der Waals surface area contributed by atoms with Crippen LogP contribution in [0.2, 0.25) is 0 Å². The molecule has 28 heavy (non-hydrogen) atoms. The smallest absolute Gasteiger partial charge is 0.174 e. The number of nitrogens with one attached hydrogen (secondary N) is 1. The second kappa shape index (κ2) is 6.82. The first-order chi connectivity index (χ1) is 13.7. The van der Waals surface area contributed by atoms with Crippen LogP contribution in [0.25, 0.3) is 10.9 Å². The van der Waals surface area contributed by atoms with Crippen LogP contribution in [0.1, 0.15) is 35.7 Å². The molecule has 5 rings (SSSR count). The number of thiocarbonyl (C=S) groups is 1. The van der Waals surface area contributed by atoms with Crippen LogP contribution in [0, 0.1) is 6.92 Å². The minimum atomic E-state index is 0.364. The largest absolute Gasteiger partial charge is 0.497 e. The summed E-state index contributed by atoms with van der Waals surface area (Å²) in [6.07, 6.45) is 3.55. The molecule has 0 saturated heterocycles. The molecule has 4 nitrogen and oxygen atoms in total. The van der Waals surface area contributed by atoms with Crippen LogP contribution in [0.5, 0.6) is 5.75 Å². The first-order valence-corrected chi connectivity index (χ1v) is 10.4. The molecule has 5 heteroatoms. The van der Waals surface area contributed by atoms with Gasteiger partial charge in [0.25, 0.3) is 0 Å². The lowest BCUT2D eigenvalue weighted by Gasteiger charge is -2.41. The highest BCUT2D eigenvalue weighted by molar-refractivity contribution is 7.80. The van der Waals surface area contributed by atoms with Crippen molar-refractivity contribution >= 4 is 33.9 Å². The average molecular weight is 392 g/mol. The molecule has 144 valence electrons. The van der Waals surface area contributed by atoms with Gasteiger partial charge in [0, 0.05) is 35.4 Å². The molecule has 0 saturated carbocycles. The molecule has 0 radical (unpaired) electrons. The van der Waals surface area contributed by atoms with Crippen LogP contribution in [0.4, 0.5) is 5.69 Å². The summed E-state index contributed by atoms with van der Waals surface area (Å²) >= 11 is 5.83. The van der Waals surface area contributed by atoms with Crippen LogP contribution < -0.4 is 10.1 Å². The Morgan fingerprint density at radius 2 is 1.96 bits per heavy atom. The molecule has 0 unspecified atom stereocenters. The first-order valence-electron chi connectivity index (χ1n) is 9.99. The van der Waals surface area contributed by atoms with Crippen LogP contribution in [0.15, 0.2) is 42.5 Å². The lowest BCUT2D eigenvalue weighted by Crippen LogP contribution is -2.45. The normalized spacial score (nSPS) is 18.1. The molecule has 3 aromatic rings. The molecule has 1 N–H and O–H groups in total. The number of aromatic nitrogens is 1. The average Bonchev–Trinajstić information content (AvgIpc) is 3.04. The van der Waals surface area contributed by atoms with Crippen molar-refractivity contribution < 1.29 is 4.74 Å². The lowest BCUT2D eigenvalue weighted by atomic mass is 9.89. The summed E-state index contributed by atoms with van der Waals surface area (Å²) in [4.78, 5) is 2.39. The van der Waals surface area contributed by atoms with Gasteiger partial charge in [0.1, 0.15) is 5.75 Å². The molecule has 1 aliphatic heterocycles. The van der Waals surface area contributed by atoms with E-state index < -0.39 is 0 Å². The number of rotatable bonds is 2. The second-order valence-corrected chi connectivity index (χ2v) is 8.18. The van der Waals surface area contributed by atoms with E-state index in [4.69, 9.17) is 17.0 Å². The van der Waals surface area contributed by atoms with Crippen molar-refractivity contribution in [3.63, 3.8) is 0 Å². The SMILES string of the molecule is COc1ccc(NC(=S)N2CCn3c4c(c5cc(C)ccc53)CCC[C@@H]42)cc1. The highest BCUT2D eigenvalue weighted by Crippen LogP contribution is 2.43. The van der Waals surface area contributed by atoms with E-state index in [1.54, 1.807) is 7.11 Å². The highest BCUT2D eigenvalue weighted by atomic mass is 32.1. The van der Waals surface area contributed by atoms with Crippen molar-refractivity contribution in [2.24, 2.45) is 0 Å². The number of hydrogen-bond acceptors (Lipinski definition) is 2. The van der Waals surface area contributed by atoms with Crippen molar-refractivity contribution in [1.29, 1.82) is 0 Å². The number of methoxy groups -OCH3 is 1. The van der Waals surface area contributed by atoms with Gasteiger partial charge in [-0.15, -0.1) is 0 Å². The third kappa shape index (κ3) is 2.76. The van der Waals surface area contributed by atoms with E-state index in [0.29, 0.717) is 6.04 Å². The third-order valence-electron chi connectivity index (χ3n) is 6.13. The zero-order valence-corrected chi connectivity index (χ0v) is 17.2. The number of ether oxygens (including phenoxy) is 1. The Balaban J connectivity index is 1.47. The standard InChI is InChI=1S/C23H25N3OS/c1-15-6-11-20-19(14-15)18-4-3-5-21-22(18)25(20)12-13-26(21)23(28)24-16-7-9-17(27-2)10-8-16/h6-11,14,21H,3-5,12-13H2,1-2H3,(H,24,28)/t21-/m0/s1. The van der Waals surface area contributed by atoms with Crippen molar-refractivity contribution in [3.8, 4) is 5.75 Å². The van der Waals surface area contributed by atoms with Gasteiger partial charge in [-0.1, -0.05) is 11.6 Å². The van der Waals surface area contributed by atoms with E-state index in [1.807, 2.05) is 24.3 Å². The second-order valence-electron chi connectivity index (χ2n) is 7.80. The Morgan fingerprint density at radius 1 is 1.14 bits per heavy atom. The maximum absolute atomic E-state index is 5.83. The van der Waals surface area contributed by atoms with Crippen LogP contribution >= 0.6 is 12.2 Å². The monoisotopic (exact) mass is 391 g/mol. The number of benzene rings is 2. The van der Waals surface area contributed by atoms with E-state index in [0.717, 1.165) is 36.1 Å². The summed E-state index contributed by atoms with van der Waals surface area (Å²) in [5.41, 5.74) is 6.74. The van der Waals surface area contributed by atoms with E-state index in [9.17, 15) is 0 Å². The number of fused-ring (bicyclic) bond motifs is 3. The van der Waals surface area contributed by atoms with Gasteiger partial charge in [0.05, 0.1) is 13.2 Å². The van der Waals surface area contributed by atoms with Gasteiger partial charge >= 0.3 is 0 Å². The summed E-state index contributed by atoms with van der Waals surface area (Å²) in [5.74, 6) is 0.853. The Labute approximate surface area is 171 Å². The fourth-order valence-corrected chi connectivity index (χ4v) is 5.17. The quantitative estimate of drug-likeness (QED) is 0.619. The molecule has 0 spiro atoms. The van der Waals surface area contributed by atoms with E-state index in [2.05, 4.69) is 39.9 Å².